The molecule has 2 aromatic heterocycles. The van der Waals surface area contributed by atoms with E-state index in [0.29, 0.717) is 17.4 Å². The van der Waals surface area contributed by atoms with Crippen molar-refractivity contribution in [3.05, 3.63) is 59.4 Å². The summed E-state index contributed by atoms with van der Waals surface area (Å²) in [5.74, 6) is 0.392. The molecule has 126 valence electrons. The van der Waals surface area contributed by atoms with Gasteiger partial charge in [-0.15, -0.1) is 35.3 Å². The van der Waals surface area contributed by atoms with Crippen molar-refractivity contribution in [3.8, 4) is 11.3 Å². The first-order valence-corrected chi connectivity index (χ1v) is 8.50. The van der Waals surface area contributed by atoms with Gasteiger partial charge >= 0.3 is 0 Å². The Morgan fingerprint density at radius 2 is 2.04 bits per heavy atom. The molecule has 0 saturated heterocycles. The standard InChI is InChI=1S/C17H15ClN2O2S.ClH/c1-12-4-6-13(7-5-12)15-11-23-17(19-15)20(16(21)9-18)10-14-3-2-8-22-14;/h2-8,11H,9-10H2,1H3;1H. The zero-order valence-electron chi connectivity index (χ0n) is 12.9. The highest BCUT2D eigenvalue weighted by molar-refractivity contribution is 7.14. The fourth-order valence-corrected chi connectivity index (χ4v) is 3.13. The predicted molar refractivity (Wildman–Crippen MR) is 100 cm³/mol. The van der Waals surface area contributed by atoms with Gasteiger partial charge in [0.1, 0.15) is 11.6 Å². The van der Waals surface area contributed by atoms with Gasteiger partial charge in [0.2, 0.25) is 5.91 Å². The highest BCUT2D eigenvalue weighted by Crippen LogP contribution is 2.29. The topological polar surface area (TPSA) is 46.3 Å². The van der Waals surface area contributed by atoms with Crippen LogP contribution in [0.2, 0.25) is 0 Å². The van der Waals surface area contributed by atoms with Crippen LogP contribution in [0.4, 0.5) is 5.13 Å². The van der Waals surface area contributed by atoms with Crippen molar-refractivity contribution in [3.63, 3.8) is 0 Å². The highest BCUT2D eigenvalue weighted by atomic mass is 35.5. The second kappa shape index (κ2) is 8.33. The van der Waals surface area contributed by atoms with E-state index in [1.54, 1.807) is 17.2 Å². The Morgan fingerprint density at radius 1 is 1.29 bits per heavy atom. The number of alkyl halides is 1. The molecule has 0 fully saturated rings. The molecule has 0 spiro atoms. The minimum atomic E-state index is -0.201. The zero-order chi connectivity index (χ0) is 16.2. The second-order valence-corrected chi connectivity index (χ2v) is 6.18. The van der Waals surface area contributed by atoms with Crippen LogP contribution in [0.5, 0.6) is 0 Å². The van der Waals surface area contributed by atoms with Gasteiger partial charge in [0.05, 0.1) is 18.5 Å². The quantitative estimate of drug-likeness (QED) is 0.589. The lowest BCUT2D eigenvalue weighted by molar-refractivity contribution is -0.116. The number of carbonyl (C=O) groups is 1. The van der Waals surface area contributed by atoms with E-state index in [1.807, 2.05) is 42.6 Å². The summed E-state index contributed by atoms with van der Waals surface area (Å²) >= 11 is 7.15. The van der Waals surface area contributed by atoms with E-state index < -0.39 is 0 Å². The number of halogens is 2. The molecule has 0 atom stereocenters. The number of furan rings is 1. The lowest BCUT2D eigenvalue weighted by atomic mass is 10.1. The molecule has 0 aliphatic heterocycles. The molecular weight excluding hydrogens is 367 g/mol. The first-order valence-electron chi connectivity index (χ1n) is 7.08. The zero-order valence-corrected chi connectivity index (χ0v) is 15.3. The first-order chi connectivity index (χ1) is 11.2. The molecule has 1 aromatic carbocycles. The van der Waals surface area contributed by atoms with E-state index in [-0.39, 0.29) is 24.2 Å². The van der Waals surface area contributed by atoms with Gasteiger partial charge in [-0.05, 0) is 19.1 Å². The summed E-state index contributed by atoms with van der Waals surface area (Å²) in [4.78, 5) is 18.3. The van der Waals surface area contributed by atoms with Crippen LogP contribution < -0.4 is 4.90 Å². The Hall–Kier alpha value is -1.82. The molecule has 0 aliphatic carbocycles. The minimum Gasteiger partial charge on any atom is -0.467 e. The SMILES string of the molecule is Cc1ccc(-c2csc(N(Cc3ccco3)C(=O)CCl)n2)cc1.Cl. The van der Waals surface area contributed by atoms with Gasteiger partial charge in [-0.25, -0.2) is 4.98 Å². The number of aryl methyl sites for hydroxylation is 1. The maximum atomic E-state index is 12.1. The van der Waals surface area contributed by atoms with E-state index in [2.05, 4.69) is 4.98 Å². The molecule has 0 N–H and O–H groups in total. The summed E-state index contributed by atoms with van der Waals surface area (Å²) in [7, 11) is 0. The van der Waals surface area contributed by atoms with Crippen LogP contribution in [-0.2, 0) is 11.3 Å². The summed E-state index contributed by atoms with van der Waals surface area (Å²) in [5.41, 5.74) is 3.06. The van der Waals surface area contributed by atoms with Gasteiger partial charge in [-0.2, -0.15) is 0 Å². The Balaban J connectivity index is 0.00000208. The number of rotatable bonds is 5. The number of hydrogen-bond donors (Lipinski definition) is 0. The van der Waals surface area contributed by atoms with Crippen LogP contribution in [-0.4, -0.2) is 16.8 Å². The molecule has 4 nitrogen and oxygen atoms in total. The van der Waals surface area contributed by atoms with Crippen molar-refractivity contribution in [2.45, 2.75) is 13.5 Å². The average molecular weight is 383 g/mol. The summed E-state index contributed by atoms with van der Waals surface area (Å²) in [6.45, 7) is 2.36. The molecule has 3 rings (SSSR count). The molecule has 1 amide bonds. The van der Waals surface area contributed by atoms with Gasteiger partial charge in [0.15, 0.2) is 5.13 Å². The molecule has 24 heavy (non-hydrogen) atoms. The van der Waals surface area contributed by atoms with Crippen LogP contribution in [0.1, 0.15) is 11.3 Å². The number of thiazole rings is 1. The minimum absolute atomic E-state index is 0. The number of hydrogen-bond acceptors (Lipinski definition) is 4. The number of amides is 1. The van der Waals surface area contributed by atoms with Crippen molar-refractivity contribution < 1.29 is 9.21 Å². The smallest absolute Gasteiger partial charge is 0.244 e. The van der Waals surface area contributed by atoms with Crippen LogP contribution >= 0.6 is 35.3 Å². The van der Waals surface area contributed by atoms with E-state index in [9.17, 15) is 4.79 Å². The molecule has 0 aliphatic rings. The summed E-state index contributed by atoms with van der Waals surface area (Å²) < 4.78 is 5.32. The van der Waals surface area contributed by atoms with E-state index >= 15 is 0 Å². The predicted octanol–water partition coefficient (Wildman–Crippen LogP) is 4.91. The van der Waals surface area contributed by atoms with E-state index in [0.717, 1.165) is 11.3 Å². The normalized spacial score (nSPS) is 10.2. The largest absolute Gasteiger partial charge is 0.467 e. The number of benzene rings is 1. The van der Waals surface area contributed by atoms with Gasteiger partial charge in [0.25, 0.3) is 0 Å². The lowest BCUT2D eigenvalue weighted by Gasteiger charge is -2.17. The first kappa shape index (κ1) is 18.5. The third-order valence-corrected chi connectivity index (χ3v) is 4.47. The number of nitrogens with zero attached hydrogens (tertiary/aromatic N) is 2. The van der Waals surface area contributed by atoms with Crippen LogP contribution in [0, 0.1) is 6.92 Å². The molecule has 3 aromatic rings. The van der Waals surface area contributed by atoms with Gasteiger partial charge in [0, 0.05) is 10.9 Å². The highest BCUT2D eigenvalue weighted by Gasteiger charge is 2.20. The van der Waals surface area contributed by atoms with Crippen LogP contribution in [0.25, 0.3) is 11.3 Å². The van der Waals surface area contributed by atoms with Gasteiger partial charge < -0.3 is 4.42 Å². The van der Waals surface area contributed by atoms with E-state index in [1.165, 1.54) is 16.9 Å². The third-order valence-electron chi connectivity index (χ3n) is 3.38. The Morgan fingerprint density at radius 3 is 2.67 bits per heavy atom. The second-order valence-electron chi connectivity index (χ2n) is 5.07. The monoisotopic (exact) mass is 382 g/mol. The van der Waals surface area contributed by atoms with Crippen LogP contribution in [0.3, 0.4) is 0 Å². The maximum absolute atomic E-state index is 12.1. The Kier molecular flexibility index (Phi) is 6.43. The van der Waals surface area contributed by atoms with Crippen molar-refractivity contribution >= 4 is 46.4 Å². The fraction of sp³-hybridized carbons (Fsp3) is 0.176. The van der Waals surface area contributed by atoms with Crippen LogP contribution in [0.15, 0.2) is 52.5 Å². The third kappa shape index (κ3) is 4.17. The Bertz CT molecular complexity index is 785. The summed E-state index contributed by atoms with van der Waals surface area (Å²) in [5, 5.41) is 2.55. The molecule has 7 heteroatoms. The average Bonchev–Trinajstić information content (AvgIpc) is 3.24. The number of anilines is 1. The fourth-order valence-electron chi connectivity index (χ4n) is 2.14. The van der Waals surface area contributed by atoms with E-state index in [4.69, 9.17) is 16.0 Å². The van der Waals surface area contributed by atoms with Crippen molar-refractivity contribution in [1.29, 1.82) is 0 Å². The summed E-state index contributed by atoms with van der Waals surface area (Å²) in [6.07, 6.45) is 1.58. The number of aromatic nitrogens is 1. The lowest BCUT2D eigenvalue weighted by Crippen LogP contribution is -2.31. The van der Waals surface area contributed by atoms with Gasteiger partial charge in [-0.1, -0.05) is 29.8 Å². The molecule has 2 heterocycles. The Labute approximate surface area is 155 Å². The molecular formula is C17H16Cl2N2O2S. The molecule has 0 bridgehead atoms. The molecule has 0 saturated carbocycles. The van der Waals surface area contributed by atoms with Crippen molar-refractivity contribution in [1.82, 2.24) is 4.98 Å². The van der Waals surface area contributed by atoms with Crippen molar-refractivity contribution in [2.75, 3.05) is 10.8 Å². The maximum Gasteiger partial charge on any atom is 0.244 e. The molecule has 0 unspecified atom stereocenters. The number of carbonyl (C=O) groups excluding carboxylic acids is 1. The van der Waals surface area contributed by atoms with Crippen molar-refractivity contribution in [2.24, 2.45) is 0 Å². The summed E-state index contributed by atoms with van der Waals surface area (Å²) in [6, 6.07) is 11.7. The molecule has 0 radical (unpaired) electrons. The van der Waals surface area contributed by atoms with Gasteiger partial charge in [-0.3, -0.25) is 9.69 Å².